The Kier molecular flexibility index (Phi) is 6.46. The van der Waals surface area contributed by atoms with Crippen LogP contribution in [0.4, 0.5) is 9.18 Å². The van der Waals surface area contributed by atoms with Gasteiger partial charge in [0, 0.05) is 16.7 Å². The molecule has 0 bridgehead atoms. The van der Waals surface area contributed by atoms with E-state index in [9.17, 15) is 29.7 Å². The van der Waals surface area contributed by atoms with E-state index >= 15 is 4.39 Å². The summed E-state index contributed by atoms with van der Waals surface area (Å²) < 4.78 is 17.6. The van der Waals surface area contributed by atoms with Crippen LogP contribution in [0.3, 0.4) is 0 Å². The zero-order valence-electron chi connectivity index (χ0n) is 22.9. The molecular formula is C31H38FNO6. The van der Waals surface area contributed by atoms with Gasteiger partial charge < -0.3 is 15.3 Å². The maximum atomic E-state index is 17.6. The molecule has 4 aliphatic carbocycles. The molecule has 0 aliphatic heterocycles. The molecule has 5 rings (SSSR count). The number of alkyl halides is 1. The fraction of sp³-hybridized carbons (Fsp3) is 0.581. The Morgan fingerprint density at radius 1 is 1.18 bits per heavy atom. The lowest BCUT2D eigenvalue weighted by atomic mass is 9.44. The summed E-state index contributed by atoms with van der Waals surface area (Å²) in [5.41, 5.74) is -4.79. The first-order chi connectivity index (χ1) is 18.3. The van der Waals surface area contributed by atoms with E-state index in [0.717, 1.165) is 0 Å². The first-order valence-corrected chi connectivity index (χ1v) is 13.8. The van der Waals surface area contributed by atoms with Crippen molar-refractivity contribution in [3.8, 4) is 0 Å². The van der Waals surface area contributed by atoms with Gasteiger partial charge >= 0.3 is 6.09 Å². The summed E-state index contributed by atoms with van der Waals surface area (Å²) in [4.78, 5) is 40.4. The van der Waals surface area contributed by atoms with Gasteiger partial charge in [-0.25, -0.2) is 9.18 Å². The predicted molar refractivity (Wildman–Crippen MR) is 142 cm³/mol. The molecular weight excluding hydrogens is 501 g/mol. The highest BCUT2D eigenvalue weighted by atomic mass is 19.1. The van der Waals surface area contributed by atoms with E-state index in [0.29, 0.717) is 30.4 Å². The van der Waals surface area contributed by atoms with Gasteiger partial charge in [0.05, 0.1) is 12.1 Å². The largest absolute Gasteiger partial charge is 0.465 e. The number of allylic oxidation sites excluding steroid dienone is 4. The number of carbonyl (C=O) groups excluding carboxylic acids is 2. The van der Waals surface area contributed by atoms with Crippen molar-refractivity contribution >= 4 is 17.7 Å². The Morgan fingerprint density at radius 3 is 2.46 bits per heavy atom. The molecule has 0 aromatic heterocycles. The molecule has 0 radical (unpaired) electrons. The molecule has 3 saturated carbocycles. The molecule has 1 amide bonds. The molecule has 8 heteroatoms. The van der Waals surface area contributed by atoms with Gasteiger partial charge in [-0.05, 0) is 69.1 Å². The number of nitrogens with zero attached hydrogens (tertiary/aromatic N) is 1. The van der Waals surface area contributed by atoms with Crippen LogP contribution in [0.5, 0.6) is 0 Å². The maximum Gasteiger partial charge on any atom is 0.408 e. The van der Waals surface area contributed by atoms with Gasteiger partial charge in [0.15, 0.2) is 17.2 Å². The number of ketones is 2. The molecule has 0 saturated heterocycles. The first kappa shape index (κ1) is 27.7. The minimum absolute atomic E-state index is 0.156. The third-order valence-electron chi connectivity index (χ3n) is 11.0. The van der Waals surface area contributed by atoms with Gasteiger partial charge in [0.2, 0.25) is 0 Å². The zero-order chi connectivity index (χ0) is 28.5. The van der Waals surface area contributed by atoms with Crippen LogP contribution in [0.25, 0.3) is 0 Å². The van der Waals surface area contributed by atoms with Crippen molar-refractivity contribution in [2.75, 3.05) is 6.61 Å². The van der Waals surface area contributed by atoms with Crippen molar-refractivity contribution in [1.82, 2.24) is 4.90 Å². The second-order valence-corrected chi connectivity index (χ2v) is 12.5. The smallest absolute Gasteiger partial charge is 0.408 e. The van der Waals surface area contributed by atoms with E-state index in [4.69, 9.17) is 0 Å². The van der Waals surface area contributed by atoms with Crippen LogP contribution in [0.15, 0.2) is 54.1 Å². The average molecular weight is 540 g/mol. The number of carboxylic acid groups (broad SMARTS) is 1. The average Bonchev–Trinajstić information content (AvgIpc) is 3.12. The number of carbonyl (C=O) groups is 3. The van der Waals surface area contributed by atoms with Crippen molar-refractivity contribution in [2.45, 2.75) is 76.7 Å². The number of rotatable bonds is 5. The van der Waals surface area contributed by atoms with Crippen LogP contribution in [0, 0.1) is 28.6 Å². The van der Waals surface area contributed by atoms with E-state index in [1.165, 1.54) is 17.1 Å². The van der Waals surface area contributed by atoms with Gasteiger partial charge in [-0.3, -0.25) is 14.5 Å². The van der Waals surface area contributed by atoms with Crippen LogP contribution >= 0.6 is 0 Å². The predicted octanol–water partition coefficient (Wildman–Crippen LogP) is 4.64. The Labute approximate surface area is 228 Å². The summed E-state index contributed by atoms with van der Waals surface area (Å²) in [7, 11) is 0. The minimum Gasteiger partial charge on any atom is -0.465 e. The van der Waals surface area contributed by atoms with Gasteiger partial charge in [-0.15, -0.1) is 0 Å². The lowest BCUT2D eigenvalue weighted by molar-refractivity contribution is -0.209. The maximum absolute atomic E-state index is 17.6. The van der Waals surface area contributed by atoms with E-state index in [1.807, 2.05) is 13.0 Å². The Morgan fingerprint density at radius 2 is 1.85 bits per heavy atom. The number of hydrogen-bond acceptors (Lipinski definition) is 5. The van der Waals surface area contributed by atoms with Gasteiger partial charge in [-0.2, -0.15) is 0 Å². The molecule has 0 heterocycles. The molecule has 1 aromatic rings. The quantitative estimate of drug-likeness (QED) is 0.502. The number of hydrogen-bond donors (Lipinski definition) is 3. The fourth-order valence-corrected chi connectivity index (χ4v) is 9.41. The van der Waals surface area contributed by atoms with E-state index in [2.05, 4.69) is 0 Å². The SMILES string of the molecule is C[C@H](c1ccccc1)N(C(=O)O)[C@@]1(C(=O)CO)[C@@H](C)CC2C3CCC4=CC(=O)C=C[C@]4(C)C3(F)[C@@H](O)C[C@@]21C. The summed E-state index contributed by atoms with van der Waals surface area (Å²) in [5.74, 6) is -2.49. The van der Waals surface area contributed by atoms with E-state index in [-0.39, 0.29) is 12.2 Å². The standard InChI is InChI=1S/C31H38FNO6/c1-18-14-24-23-11-10-21-15-22(35)12-13-28(21,3)30(23,32)25(36)16-29(24,4)31(18,26(37)17-34)33(27(38)39)19(2)20-8-6-5-7-9-20/h5-9,12-13,15,18-19,23-25,34,36H,10-11,14,16-17H2,1-4H3,(H,38,39)/t18-,19+,23?,24?,25-,28-,29-,30?,31+/m0/s1. The van der Waals surface area contributed by atoms with Gasteiger partial charge in [0.1, 0.15) is 12.1 Å². The Hall–Kier alpha value is -2.84. The molecule has 39 heavy (non-hydrogen) atoms. The van der Waals surface area contributed by atoms with Crippen molar-refractivity contribution in [3.05, 3.63) is 59.7 Å². The van der Waals surface area contributed by atoms with Crippen molar-refractivity contribution < 1.29 is 34.1 Å². The van der Waals surface area contributed by atoms with Crippen molar-refractivity contribution in [2.24, 2.45) is 28.6 Å². The zero-order valence-corrected chi connectivity index (χ0v) is 22.9. The molecule has 1 aromatic carbocycles. The molecule has 7 nitrogen and oxygen atoms in total. The van der Waals surface area contributed by atoms with Crippen LogP contribution < -0.4 is 0 Å². The number of aliphatic hydroxyl groups is 2. The lowest BCUT2D eigenvalue weighted by Crippen LogP contribution is -2.73. The highest BCUT2D eigenvalue weighted by Crippen LogP contribution is 2.72. The van der Waals surface area contributed by atoms with Gasteiger partial charge in [0.25, 0.3) is 0 Å². The summed E-state index contributed by atoms with van der Waals surface area (Å²) in [6.45, 7) is 6.20. The Balaban J connectivity index is 1.69. The number of fused-ring (bicyclic) bond motifs is 5. The molecule has 0 spiro atoms. The topological polar surface area (TPSA) is 115 Å². The van der Waals surface area contributed by atoms with Crippen LogP contribution in [0.2, 0.25) is 0 Å². The summed E-state index contributed by atoms with van der Waals surface area (Å²) in [5, 5.41) is 32.7. The number of Topliss-reactive ketones (excluding diaryl/α,β-unsaturated/α-hetero) is 1. The van der Waals surface area contributed by atoms with Crippen molar-refractivity contribution in [1.29, 1.82) is 0 Å². The molecule has 3 N–H and O–H groups in total. The molecule has 4 aliphatic rings. The fourth-order valence-electron chi connectivity index (χ4n) is 9.41. The molecule has 9 atom stereocenters. The third kappa shape index (κ3) is 3.37. The number of amides is 1. The van der Waals surface area contributed by atoms with Crippen LogP contribution in [-0.2, 0) is 9.59 Å². The van der Waals surface area contributed by atoms with Crippen LogP contribution in [0.1, 0.15) is 65.0 Å². The summed E-state index contributed by atoms with van der Waals surface area (Å²) in [6, 6.07) is 8.28. The van der Waals surface area contributed by atoms with Gasteiger partial charge in [-0.1, -0.05) is 55.8 Å². The number of halogens is 1. The second kappa shape index (κ2) is 9.10. The molecule has 210 valence electrons. The highest BCUT2D eigenvalue weighted by molar-refractivity contribution is 6.01. The normalized spacial score (nSPS) is 41.6. The Bertz CT molecular complexity index is 1260. The second-order valence-electron chi connectivity index (χ2n) is 12.5. The van der Waals surface area contributed by atoms with Crippen LogP contribution in [-0.4, -0.2) is 61.8 Å². The third-order valence-corrected chi connectivity index (χ3v) is 11.0. The lowest BCUT2D eigenvalue weighted by Gasteiger charge is -2.64. The summed E-state index contributed by atoms with van der Waals surface area (Å²) in [6.07, 6.45) is 2.64. The monoisotopic (exact) mass is 539 g/mol. The number of aliphatic hydroxyl groups excluding tert-OH is 2. The first-order valence-electron chi connectivity index (χ1n) is 13.8. The van der Waals surface area contributed by atoms with Crippen molar-refractivity contribution in [3.63, 3.8) is 0 Å². The van der Waals surface area contributed by atoms with E-state index < -0.39 is 70.4 Å². The van der Waals surface area contributed by atoms with E-state index in [1.54, 1.807) is 51.1 Å². The molecule has 3 fully saturated rings. The summed E-state index contributed by atoms with van der Waals surface area (Å²) >= 11 is 0. The highest BCUT2D eigenvalue weighted by Gasteiger charge is 2.77. The minimum atomic E-state index is -2.10. The molecule has 3 unspecified atom stereocenters. The number of benzene rings is 1.